The van der Waals surface area contributed by atoms with Crippen LogP contribution in [-0.2, 0) is 9.59 Å². The SMILES string of the molecule is BC1C(=O)CC(=O)N1C. The normalized spacial score (nSPS) is 27.7. The van der Waals surface area contributed by atoms with E-state index in [0.717, 1.165) is 0 Å². The van der Waals surface area contributed by atoms with Crippen molar-refractivity contribution in [2.45, 2.75) is 12.4 Å². The summed E-state index contributed by atoms with van der Waals surface area (Å²) in [6.07, 6.45) is 0.0949. The first kappa shape index (κ1) is 6.33. The molecule has 0 spiro atoms. The highest BCUT2D eigenvalue weighted by Crippen LogP contribution is 2.08. The molecule has 1 heterocycles. The van der Waals surface area contributed by atoms with E-state index in [-0.39, 0.29) is 24.1 Å². The number of rotatable bonds is 0. The number of Topliss-reactive ketones (excluding diaryl/α,β-unsaturated/α-hetero) is 1. The van der Waals surface area contributed by atoms with E-state index < -0.39 is 0 Å². The van der Waals surface area contributed by atoms with Gasteiger partial charge in [0, 0.05) is 7.05 Å². The summed E-state index contributed by atoms with van der Waals surface area (Å²) in [4.78, 5) is 22.9. The van der Waals surface area contributed by atoms with E-state index in [4.69, 9.17) is 0 Å². The van der Waals surface area contributed by atoms with Crippen LogP contribution in [0.25, 0.3) is 0 Å². The Hall–Kier alpha value is -0.795. The summed E-state index contributed by atoms with van der Waals surface area (Å²) in [5.41, 5.74) is 0. The molecule has 0 aliphatic carbocycles. The lowest BCUT2D eigenvalue weighted by atomic mass is 9.93. The molecule has 1 aliphatic rings. The quantitative estimate of drug-likeness (QED) is 0.288. The Morgan fingerprint density at radius 2 is 2.22 bits per heavy atom. The Morgan fingerprint density at radius 1 is 1.67 bits per heavy atom. The maximum Gasteiger partial charge on any atom is 0.229 e. The lowest BCUT2D eigenvalue weighted by Crippen LogP contribution is -2.31. The number of hydrogen-bond donors (Lipinski definition) is 0. The Kier molecular flexibility index (Phi) is 1.31. The van der Waals surface area contributed by atoms with Crippen LogP contribution in [0.4, 0.5) is 0 Å². The fourth-order valence-corrected chi connectivity index (χ4v) is 0.853. The number of carbonyl (C=O) groups is 2. The first-order valence-corrected chi connectivity index (χ1v) is 2.91. The van der Waals surface area contributed by atoms with Crippen LogP contribution in [0.15, 0.2) is 0 Å². The second-order valence-corrected chi connectivity index (χ2v) is 2.32. The number of ketones is 1. The third kappa shape index (κ3) is 0.844. The average molecular weight is 125 g/mol. The molecule has 3 nitrogen and oxygen atoms in total. The van der Waals surface area contributed by atoms with Gasteiger partial charge < -0.3 is 4.90 Å². The van der Waals surface area contributed by atoms with Gasteiger partial charge in [0.05, 0.1) is 12.4 Å². The summed E-state index contributed by atoms with van der Waals surface area (Å²) in [5, 5.41) is 0. The predicted molar refractivity (Wildman–Crippen MR) is 34.7 cm³/mol. The highest BCUT2D eigenvalue weighted by molar-refractivity contribution is 6.30. The van der Waals surface area contributed by atoms with Gasteiger partial charge in [0.25, 0.3) is 0 Å². The smallest absolute Gasteiger partial charge is 0.229 e. The molecular formula is C5H8BNO2. The van der Waals surface area contributed by atoms with Gasteiger partial charge >= 0.3 is 0 Å². The second-order valence-electron chi connectivity index (χ2n) is 2.32. The Balaban J connectivity index is 2.77. The Bertz CT molecular complexity index is 150. The number of likely N-dealkylation sites (tertiary alicyclic amines) is 1. The summed E-state index contributed by atoms with van der Waals surface area (Å²) < 4.78 is 0. The average Bonchev–Trinajstić information content (AvgIpc) is 1.98. The monoisotopic (exact) mass is 125 g/mol. The van der Waals surface area contributed by atoms with Crippen LogP contribution in [0.5, 0.6) is 0 Å². The minimum absolute atomic E-state index is 0.0301. The summed E-state index contributed by atoms with van der Waals surface area (Å²) in [5.74, 6) is -0.229. The molecule has 9 heavy (non-hydrogen) atoms. The Morgan fingerprint density at radius 3 is 2.33 bits per heavy atom. The zero-order chi connectivity index (χ0) is 7.02. The third-order valence-electron chi connectivity index (χ3n) is 1.77. The van der Waals surface area contributed by atoms with Crippen molar-refractivity contribution in [3.05, 3.63) is 0 Å². The first-order chi connectivity index (χ1) is 4.13. The van der Waals surface area contributed by atoms with E-state index in [9.17, 15) is 9.59 Å². The zero-order valence-corrected chi connectivity index (χ0v) is 5.55. The van der Waals surface area contributed by atoms with Crippen molar-refractivity contribution in [1.82, 2.24) is 4.90 Å². The van der Waals surface area contributed by atoms with Crippen molar-refractivity contribution in [3.8, 4) is 0 Å². The Labute approximate surface area is 54.4 Å². The molecule has 0 aromatic rings. The second kappa shape index (κ2) is 1.86. The standard InChI is InChI=1S/C5H8BNO2/c1-7-4(9)2-3(8)5(7)6/h5H,2,6H2,1H3. The van der Waals surface area contributed by atoms with Gasteiger partial charge in [-0.1, -0.05) is 0 Å². The molecule has 1 unspecified atom stereocenters. The summed E-state index contributed by atoms with van der Waals surface area (Å²) in [6.45, 7) is 0. The topological polar surface area (TPSA) is 37.4 Å². The van der Waals surface area contributed by atoms with Crippen molar-refractivity contribution in [2.24, 2.45) is 0 Å². The number of nitrogens with zero attached hydrogens (tertiary/aromatic N) is 1. The lowest BCUT2D eigenvalue weighted by molar-refractivity contribution is -0.127. The van der Waals surface area contributed by atoms with Crippen LogP contribution in [-0.4, -0.2) is 37.4 Å². The molecule has 48 valence electrons. The third-order valence-corrected chi connectivity index (χ3v) is 1.77. The lowest BCUT2D eigenvalue weighted by Gasteiger charge is -2.11. The van der Waals surface area contributed by atoms with Crippen molar-refractivity contribution in [1.29, 1.82) is 0 Å². The highest BCUT2D eigenvalue weighted by atomic mass is 16.2. The van der Waals surface area contributed by atoms with E-state index in [0.29, 0.717) is 0 Å². The largest absolute Gasteiger partial charge is 0.343 e. The molecule has 0 radical (unpaired) electrons. The minimum Gasteiger partial charge on any atom is -0.343 e. The molecule has 1 fully saturated rings. The fraction of sp³-hybridized carbons (Fsp3) is 0.600. The summed E-state index contributed by atoms with van der Waals surface area (Å²) >= 11 is 0. The molecule has 1 rings (SSSR count). The van der Waals surface area contributed by atoms with Gasteiger partial charge in [0.2, 0.25) is 5.91 Å². The molecule has 0 aromatic heterocycles. The van der Waals surface area contributed by atoms with Gasteiger partial charge in [-0.05, 0) is 0 Å². The number of likely N-dealkylation sites (N-methyl/N-ethyl adjacent to an activating group) is 1. The van der Waals surface area contributed by atoms with Crippen LogP contribution in [0.1, 0.15) is 6.42 Å². The van der Waals surface area contributed by atoms with E-state index in [1.165, 1.54) is 4.90 Å². The predicted octanol–water partition coefficient (Wildman–Crippen LogP) is -1.62. The summed E-state index contributed by atoms with van der Waals surface area (Å²) in [6, 6.07) is 0. The molecule has 1 atom stereocenters. The molecule has 0 bridgehead atoms. The molecule has 0 N–H and O–H groups in total. The van der Waals surface area contributed by atoms with Crippen molar-refractivity contribution < 1.29 is 9.59 Å². The van der Waals surface area contributed by atoms with Crippen molar-refractivity contribution in [2.75, 3.05) is 7.05 Å². The van der Waals surface area contributed by atoms with Gasteiger partial charge in [0.15, 0.2) is 5.78 Å². The van der Waals surface area contributed by atoms with Crippen LogP contribution < -0.4 is 0 Å². The maximum absolute atomic E-state index is 10.7. The molecule has 1 saturated heterocycles. The number of hydrogen-bond acceptors (Lipinski definition) is 2. The molecule has 0 aromatic carbocycles. The van der Waals surface area contributed by atoms with E-state index in [1.54, 1.807) is 14.9 Å². The molecule has 0 saturated carbocycles. The van der Waals surface area contributed by atoms with Crippen LogP contribution in [0.3, 0.4) is 0 Å². The van der Waals surface area contributed by atoms with Gasteiger partial charge in [-0.25, -0.2) is 0 Å². The molecule has 1 aliphatic heterocycles. The van der Waals surface area contributed by atoms with Crippen LogP contribution in [0.2, 0.25) is 0 Å². The summed E-state index contributed by atoms with van der Waals surface area (Å²) in [7, 11) is 3.39. The minimum atomic E-state index is -0.197. The number of carbonyl (C=O) groups excluding carboxylic acids is 2. The highest BCUT2D eigenvalue weighted by Gasteiger charge is 2.31. The maximum atomic E-state index is 10.7. The van der Waals surface area contributed by atoms with Crippen molar-refractivity contribution in [3.63, 3.8) is 0 Å². The fourth-order valence-electron chi connectivity index (χ4n) is 0.853. The first-order valence-electron chi connectivity index (χ1n) is 2.91. The zero-order valence-electron chi connectivity index (χ0n) is 5.55. The van der Waals surface area contributed by atoms with Crippen molar-refractivity contribution >= 4 is 19.5 Å². The van der Waals surface area contributed by atoms with Gasteiger partial charge in [0.1, 0.15) is 7.85 Å². The molecule has 4 heteroatoms. The van der Waals surface area contributed by atoms with Gasteiger partial charge in [-0.3, -0.25) is 9.59 Å². The molecular weight excluding hydrogens is 117 g/mol. The molecule has 1 amide bonds. The van der Waals surface area contributed by atoms with E-state index >= 15 is 0 Å². The van der Waals surface area contributed by atoms with Gasteiger partial charge in [-0.2, -0.15) is 0 Å². The van der Waals surface area contributed by atoms with Gasteiger partial charge in [-0.15, -0.1) is 0 Å². The van der Waals surface area contributed by atoms with E-state index in [2.05, 4.69) is 0 Å². The van der Waals surface area contributed by atoms with Crippen LogP contribution >= 0.6 is 0 Å². The van der Waals surface area contributed by atoms with E-state index in [1.807, 2.05) is 0 Å². The number of amides is 1. The van der Waals surface area contributed by atoms with Crippen LogP contribution in [0, 0.1) is 0 Å².